The number of fused-ring (bicyclic) bond motifs is 1. The van der Waals surface area contributed by atoms with Crippen LogP contribution in [0.1, 0.15) is 19.5 Å². The van der Waals surface area contributed by atoms with Crippen molar-refractivity contribution in [2.75, 3.05) is 5.32 Å². The first-order valence-electron chi connectivity index (χ1n) is 8.70. The van der Waals surface area contributed by atoms with Crippen molar-refractivity contribution in [2.24, 2.45) is 0 Å². The van der Waals surface area contributed by atoms with Gasteiger partial charge in [0.1, 0.15) is 11.5 Å². The van der Waals surface area contributed by atoms with Crippen molar-refractivity contribution in [1.82, 2.24) is 19.7 Å². The summed E-state index contributed by atoms with van der Waals surface area (Å²) in [6, 6.07) is 7.48. The Hall–Kier alpha value is -3.38. The van der Waals surface area contributed by atoms with Gasteiger partial charge < -0.3 is 10.6 Å². The van der Waals surface area contributed by atoms with Crippen LogP contribution in [-0.2, 0) is 4.79 Å². The maximum Gasteiger partial charge on any atom is 0.221 e. The highest BCUT2D eigenvalue weighted by Gasteiger charge is 2.10. The Bertz CT molecular complexity index is 1080. The van der Waals surface area contributed by atoms with Crippen LogP contribution in [-0.4, -0.2) is 20.3 Å². The van der Waals surface area contributed by atoms with Crippen molar-refractivity contribution in [3.8, 4) is 0 Å². The summed E-state index contributed by atoms with van der Waals surface area (Å²) in [4.78, 5) is 20.1. The summed E-state index contributed by atoms with van der Waals surface area (Å²) in [5, 5.41) is 6.78. The largest absolute Gasteiger partial charge is 0.339 e. The SMILES string of the molecule is C\C=C/C(=C\C=C\c1nc2cnccn2c1Nc1cccc(Cl)c1)NC(C)=O. The summed E-state index contributed by atoms with van der Waals surface area (Å²) in [6.45, 7) is 3.37. The second kappa shape index (κ2) is 9.01. The molecule has 0 unspecified atom stereocenters. The molecule has 0 saturated heterocycles. The first kappa shape index (κ1) is 19.4. The van der Waals surface area contributed by atoms with Crippen molar-refractivity contribution in [1.29, 1.82) is 0 Å². The number of allylic oxidation sites excluding steroid dienone is 4. The zero-order valence-corrected chi connectivity index (χ0v) is 16.3. The molecule has 2 aromatic heterocycles. The number of imidazole rings is 1. The highest BCUT2D eigenvalue weighted by Crippen LogP contribution is 2.25. The number of hydrogen-bond acceptors (Lipinski definition) is 4. The van der Waals surface area contributed by atoms with Gasteiger partial charge in [-0.1, -0.05) is 29.8 Å². The molecule has 0 aliphatic rings. The van der Waals surface area contributed by atoms with Crippen molar-refractivity contribution < 1.29 is 4.79 Å². The molecule has 28 heavy (non-hydrogen) atoms. The van der Waals surface area contributed by atoms with Gasteiger partial charge in [0, 0.05) is 35.7 Å². The van der Waals surface area contributed by atoms with Crippen LogP contribution in [0.25, 0.3) is 11.7 Å². The van der Waals surface area contributed by atoms with Crippen LogP contribution in [0.2, 0.25) is 5.02 Å². The first-order valence-corrected chi connectivity index (χ1v) is 9.08. The van der Waals surface area contributed by atoms with E-state index in [1.54, 1.807) is 12.4 Å². The maximum absolute atomic E-state index is 11.3. The third kappa shape index (κ3) is 4.86. The van der Waals surface area contributed by atoms with E-state index in [2.05, 4.69) is 20.6 Å². The topological polar surface area (TPSA) is 71.3 Å². The fourth-order valence-electron chi connectivity index (χ4n) is 2.63. The van der Waals surface area contributed by atoms with Crippen molar-refractivity contribution in [3.05, 3.63) is 83.6 Å². The highest BCUT2D eigenvalue weighted by molar-refractivity contribution is 6.30. The van der Waals surface area contributed by atoms with Gasteiger partial charge in [0.05, 0.1) is 6.20 Å². The average Bonchev–Trinajstić information content (AvgIpc) is 2.99. The molecule has 6 nitrogen and oxygen atoms in total. The van der Waals surface area contributed by atoms with Crippen LogP contribution >= 0.6 is 11.6 Å². The number of carbonyl (C=O) groups is 1. The molecule has 1 amide bonds. The molecule has 7 heteroatoms. The molecule has 0 aliphatic carbocycles. The molecule has 0 saturated carbocycles. The van der Waals surface area contributed by atoms with E-state index in [9.17, 15) is 4.79 Å². The summed E-state index contributed by atoms with van der Waals surface area (Å²) < 4.78 is 1.91. The molecular formula is C21H20ClN5O. The predicted octanol–water partition coefficient (Wildman–Crippen LogP) is 4.74. The number of hydrogen-bond donors (Lipinski definition) is 2. The van der Waals surface area contributed by atoms with Gasteiger partial charge in [-0.25, -0.2) is 4.98 Å². The van der Waals surface area contributed by atoms with Crippen molar-refractivity contribution in [3.63, 3.8) is 0 Å². The molecule has 0 atom stereocenters. The van der Waals surface area contributed by atoms with Gasteiger partial charge >= 0.3 is 0 Å². The monoisotopic (exact) mass is 393 g/mol. The average molecular weight is 394 g/mol. The van der Waals surface area contributed by atoms with Crippen LogP contribution in [0.5, 0.6) is 0 Å². The Balaban J connectivity index is 1.97. The molecule has 2 heterocycles. The summed E-state index contributed by atoms with van der Waals surface area (Å²) in [6.07, 6.45) is 14.4. The number of anilines is 2. The summed E-state index contributed by atoms with van der Waals surface area (Å²) in [5.74, 6) is 0.663. The number of nitrogens with zero attached hydrogens (tertiary/aromatic N) is 3. The minimum absolute atomic E-state index is 0.125. The lowest BCUT2D eigenvalue weighted by Crippen LogP contribution is -2.17. The zero-order chi connectivity index (χ0) is 19.9. The van der Waals surface area contributed by atoms with Gasteiger partial charge in [-0.15, -0.1) is 0 Å². The minimum atomic E-state index is -0.125. The van der Waals surface area contributed by atoms with Gasteiger partial charge in [0.25, 0.3) is 0 Å². The molecule has 3 aromatic rings. The quantitative estimate of drug-likeness (QED) is 0.593. The van der Waals surface area contributed by atoms with E-state index in [-0.39, 0.29) is 5.91 Å². The van der Waals surface area contributed by atoms with Crippen molar-refractivity contribution >= 4 is 40.7 Å². The zero-order valence-electron chi connectivity index (χ0n) is 15.6. The van der Waals surface area contributed by atoms with E-state index >= 15 is 0 Å². The van der Waals surface area contributed by atoms with E-state index in [1.165, 1.54) is 6.92 Å². The first-order chi connectivity index (χ1) is 13.6. The summed E-state index contributed by atoms with van der Waals surface area (Å²) in [5.41, 5.74) is 2.99. The molecule has 3 rings (SSSR count). The predicted molar refractivity (Wildman–Crippen MR) is 113 cm³/mol. The molecule has 0 spiro atoms. The Kier molecular flexibility index (Phi) is 6.24. The standard InChI is InChI=1S/C21H20ClN5O/c1-3-6-17(24-15(2)28)8-5-10-19-21(25-18-9-4-7-16(22)13-18)27-12-11-23-14-20(27)26-19/h3-14,25H,1-2H3,(H,24,28)/b6-3-,10-5+,17-8+. The lowest BCUT2D eigenvalue weighted by atomic mass is 10.3. The van der Waals surface area contributed by atoms with Gasteiger partial charge in [-0.2, -0.15) is 0 Å². The van der Waals surface area contributed by atoms with Gasteiger partial charge in [0.15, 0.2) is 5.65 Å². The molecule has 0 fully saturated rings. The molecule has 0 radical (unpaired) electrons. The van der Waals surface area contributed by atoms with Gasteiger partial charge in [-0.05, 0) is 43.4 Å². The Labute approximate surface area is 168 Å². The third-order valence-corrected chi connectivity index (χ3v) is 3.98. The van der Waals surface area contributed by atoms with Gasteiger partial charge in [-0.3, -0.25) is 14.2 Å². The van der Waals surface area contributed by atoms with Crippen molar-refractivity contribution in [2.45, 2.75) is 13.8 Å². The molecule has 2 N–H and O–H groups in total. The number of rotatable bonds is 6. The fraction of sp³-hybridized carbons (Fsp3) is 0.0952. The van der Waals surface area contributed by atoms with Crippen LogP contribution in [0.3, 0.4) is 0 Å². The minimum Gasteiger partial charge on any atom is -0.339 e. The van der Waals surface area contributed by atoms with Crippen LogP contribution in [0, 0.1) is 0 Å². The smallest absolute Gasteiger partial charge is 0.221 e. The molecular weight excluding hydrogens is 374 g/mol. The Morgan fingerprint density at radius 2 is 2.18 bits per heavy atom. The number of amides is 1. The third-order valence-electron chi connectivity index (χ3n) is 3.74. The Morgan fingerprint density at radius 3 is 2.93 bits per heavy atom. The van der Waals surface area contributed by atoms with E-state index in [1.807, 2.05) is 72.2 Å². The molecule has 0 aliphatic heterocycles. The number of nitrogens with one attached hydrogen (secondary N) is 2. The van der Waals surface area contributed by atoms with E-state index < -0.39 is 0 Å². The lowest BCUT2D eigenvalue weighted by Gasteiger charge is -2.07. The highest BCUT2D eigenvalue weighted by atomic mass is 35.5. The fourth-order valence-corrected chi connectivity index (χ4v) is 2.82. The molecule has 142 valence electrons. The second-order valence-corrected chi connectivity index (χ2v) is 6.38. The second-order valence-electron chi connectivity index (χ2n) is 5.95. The summed E-state index contributed by atoms with van der Waals surface area (Å²) >= 11 is 6.10. The molecule has 0 bridgehead atoms. The van der Waals surface area contributed by atoms with Crippen LogP contribution in [0.4, 0.5) is 11.5 Å². The van der Waals surface area contributed by atoms with E-state index in [4.69, 9.17) is 11.6 Å². The number of benzene rings is 1. The summed E-state index contributed by atoms with van der Waals surface area (Å²) in [7, 11) is 0. The Morgan fingerprint density at radius 1 is 1.32 bits per heavy atom. The molecule has 1 aromatic carbocycles. The normalized spacial score (nSPS) is 12.2. The number of carbonyl (C=O) groups excluding carboxylic acids is 1. The van der Waals surface area contributed by atoms with E-state index in [0.717, 1.165) is 17.2 Å². The van der Waals surface area contributed by atoms with Crippen LogP contribution < -0.4 is 10.6 Å². The lowest BCUT2D eigenvalue weighted by molar-refractivity contribution is -0.118. The maximum atomic E-state index is 11.3. The number of aromatic nitrogens is 3. The van der Waals surface area contributed by atoms with Crippen LogP contribution in [0.15, 0.2) is 72.9 Å². The number of halogens is 1. The van der Waals surface area contributed by atoms with E-state index in [0.29, 0.717) is 16.4 Å². The van der Waals surface area contributed by atoms with Gasteiger partial charge in [0.2, 0.25) is 5.91 Å².